The normalized spacial score (nSPS) is 15.5. The van der Waals surface area contributed by atoms with Crippen molar-refractivity contribution >= 4 is 22.5 Å². The van der Waals surface area contributed by atoms with Crippen LogP contribution in [0.15, 0.2) is 36.4 Å². The zero-order valence-corrected chi connectivity index (χ0v) is 17.4. The molecule has 1 N–H and O–H groups in total. The molecular formula is C22H21N5OS. The molecule has 3 heterocycles. The summed E-state index contributed by atoms with van der Waals surface area (Å²) in [5, 5.41) is 12.8. The minimum atomic E-state index is -0.122. The van der Waals surface area contributed by atoms with E-state index in [0.29, 0.717) is 10.7 Å². The maximum absolute atomic E-state index is 12.5. The number of aryl methyl sites for hydroxylation is 2. The van der Waals surface area contributed by atoms with Crippen LogP contribution in [0, 0.1) is 25.2 Å². The summed E-state index contributed by atoms with van der Waals surface area (Å²) in [7, 11) is 0. The molecule has 1 saturated heterocycles. The number of pyridine rings is 1. The Bertz CT molecular complexity index is 1110. The molecule has 2 amide bonds. The molecule has 0 bridgehead atoms. The van der Waals surface area contributed by atoms with Gasteiger partial charge < -0.3 is 4.90 Å². The smallest absolute Gasteiger partial charge is 0.322 e. The summed E-state index contributed by atoms with van der Waals surface area (Å²) in [5.74, 6) is 0. The third-order valence-corrected chi connectivity index (χ3v) is 6.05. The molecule has 1 atom stereocenters. The molecule has 0 radical (unpaired) electrons. The molecule has 0 aliphatic carbocycles. The van der Waals surface area contributed by atoms with Gasteiger partial charge in [0, 0.05) is 29.5 Å². The van der Waals surface area contributed by atoms with E-state index >= 15 is 0 Å². The highest BCUT2D eigenvalue weighted by Gasteiger charge is 2.29. The Hall–Kier alpha value is -3.24. The summed E-state index contributed by atoms with van der Waals surface area (Å²) in [4.78, 5) is 24.5. The van der Waals surface area contributed by atoms with E-state index in [1.54, 1.807) is 11.0 Å². The topological polar surface area (TPSA) is 81.9 Å². The molecule has 1 aliphatic rings. The lowest BCUT2D eigenvalue weighted by Crippen LogP contribution is -2.51. The molecule has 7 heteroatoms. The van der Waals surface area contributed by atoms with Gasteiger partial charge in [-0.2, -0.15) is 5.26 Å². The third kappa shape index (κ3) is 3.84. The Labute approximate surface area is 173 Å². The van der Waals surface area contributed by atoms with Crippen molar-refractivity contribution < 1.29 is 4.79 Å². The molecule has 146 valence electrons. The number of rotatable bonds is 3. The summed E-state index contributed by atoms with van der Waals surface area (Å²) < 4.78 is 0. The molecule has 4 rings (SSSR count). The first-order valence-corrected chi connectivity index (χ1v) is 10.3. The van der Waals surface area contributed by atoms with Gasteiger partial charge >= 0.3 is 6.03 Å². The summed E-state index contributed by atoms with van der Waals surface area (Å²) in [6, 6.07) is 13.7. The zero-order chi connectivity index (χ0) is 20.5. The fourth-order valence-electron chi connectivity index (χ4n) is 3.45. The van der Waals surface area contributed by atoms with Gasteiger partial charge in [0.05, 0.1) is 22.2 Å². The van der Waals surface area contributed by atoms with Gasteiger partial charge in [-0.15, -0.1) is 0 Å². The van der Waals surface area contributed by atoms with E-state index in [-0.39, 0.29) is 12.1 Å². The van der Waals surface area contributed by atoms with Crippen LogP contribution in [-0.4, -0.2) is 33.5 Å². The van der Waals surface area contributed by atoms with E-state index in [0.717, 1.165) is 46.1 Å². The minimum Gasteiger partial charge on any atom is -0.322 e. The third-order valence-electron chi connectivity index (χ3n) is 5.03. The predicted molar refractivity (Wildman–Crippen MR) is 115 cm³/mol. The number of aromatic nitrogens is 2. The summed E-state index contributed by atoms with van der Waals surface area (Å²) in [5.41, 5.74) is 5.02. The molecule has 0 spiro atoms. The van der Waals surface area contributed by atoms with Crippen LogP contribution in [0.4, 0.5) is 9.93 Å². The van der Waals surface area contributed by atoms with Gasteiger partial charge in [-0.1, -0.05) is 23.5 Å². The van der Waals surface area contributed by atoms with Crippen LogP contribution in [0.2, 0.25) is 0 Å². The molecule has 1 aromatic carbocycles. The number of benzene rings is 1. The lowest BCUT2D eigenvalue weighted by Gasteiger charge is -2.38. The number of carbonyl (C=O) groups excluding carboxylic acids is 1. The highest BCUT2D eigenvalue weighted by Crippen LogP contribution is 2.40. The summed E-state index contributed by atoms with van der Waals surface area (Å²) in [6.07, 6.45) is 1.03. The lowest BCUT2D eigenvalue weighted by atomic mass is 10.0. The number of hydrogen-bond donors (Lipinski definition) is 1. The molecule has 2 aromatic heterocycles. The standard InChI is InChI=1S/C22H21N5OS/c1-13-9-18(10-14(2)24-13)20-19(17-6-4-5-16(11-17)12-23)25-21(29-20)26-22(28)27-8-7-15(27)3/h4-6,9-11,15H,7-8H2,1-3H3,(H,25,26,28)/t15-/m1/s1. The fraction of sp³-hybridized carbons (Fsp3) is 0.273. The predicted octanol–water partition coefficient (Wildman–Crippen LogP) is 4.99. The SMILES string of the molecule is Cc1cc(-c2sc(NC(=O)N3CC[C@H]3C)nc2-c2cccc(C#N)c2)cc(C)n1. The van der Waals surface area contributed by atoms with Gasteiger partial charge in [0.2, 0.25) is 0 Å². The average Bonchev–Trinajstić information content (AvgIpc) is 3.09. The number of carbonyl (C=O) groups is 1. The van der Waals surface area contributed by atoms with Crippen molar-refractivity contribution in [2.75, 3.05) is 11.9 Å². The number of urea groups is 1. The van der Waals surface area contributed by atoms with Gasteiger partial charge in [0.1, 0.15) is 0 Å². The number of thiazole rings is 1. The van der Waals surface area contributed by atoms with E-state index in [2.05, 4.69) is 16.4 Å². The first kappa shape index (κ1) is 19.1. The first-order chi connectivity index (χ1) is 13.9. The molecular weight excluding hydrogens is 382 g/mol. The first-order valence-electron chi connectivity index (χ1n) is 9.49. The lowest BCUT2D eigenvalue weighted by molar-refractivity contribution is 0.136. The van der Waals surface area contributed by atoms with E-state index < -0.39 is 0 Å². The van der Waals surface area contributed by atoms with Crippen molar-refractivity contribution in [3.05, 3.63) is 53.3 Å². The van der Waals surface area contributed by atoms with Crippen molar-refractivity contribution in [1.29, 1.82) is 5.26 Å². The quantitative estimate of drug-likeness (QED) is 0.668. The summed E-state index contributed by atoms with van der Waals surface area (Å²) >= 11 is 1.44. The number of anilines is 1. The highest BCUT2D eigenvalue weighted by atomic mass is 32.1. The van der Waals surface area contributed by atoms with Crippen molar-refractivity contribution in [3.63, 3.8) is 0 Å². The maximum atomic E-state index is 12.5. The van der Waals surface area contributed by atoms with Crippen molar-refractivity contribution in [2.45, 2.75) is 33.2 Å². The molecule has 6 nitrogen and oxygen atoms in total. The second-order valence-electron chi connectivity index (χ2n) is 7.29. The van der Waals surface area contributed by atoms with E-state index in [1.165, 1.54) is 11.3 Å². The van der Waals surface area contributed by atoms with Crippen LogP contribution in [0.1, 0.15) is 30.3 Å². The Morgan fingerprint density at radius 1 is 1.21 bits per heavy atom. The number of hydrogen-bond acceptors (Lipinski definition) is 5. The van der Waals surface area contributed by atoms with Crippen LogP contribution < -0.4 is 5.32 Å². The van der Waals surface area contributed by atoms with Gasteiger partial charge in [0.15, 0.2) is 5.13 Å². The van der Waals surface area contributed by atoms with Crippen molar-refractivity contribution in [2.24, 2.45) is 0 Å². The second-order valence-corrected chi connectivity index (χ2v) is 8.29. The Morgan fingerprint density at radius 3 is 2.59 bits per heavy atom. The number of likely N-dealkylation sites (tertiary alicyclic amines) is 1. The maximum Gasteiger partial charge on any atom is 0.323 e. The van der Waals surface area contributed by atoms with Gasteiger partial charge in [-0.3, -0.25) is 10.3 Å². The van der Waals surface area contributed by atoms with Crippen LogP contribution >= 0.6 is 11.3 Å². The van der Waals surface area contributed by atoms with E-state index in [4.69, 9.17) is 4.98 Å². The highest BCUT2D eigenvalue weighted by molar-refractivity contribution is 7.19. The molecule has 0 saturated carbocycles. The number of nitrogens with zero attached hydrogens (tertiary/aromatic N) is 4. The average molecular weight is 404 g/mol. The van der Waals surface area contributed by atoms with E-state index in [1.807, 2.05) is 51.1 Å². The largest absolute Gasteiger partial charge is 0.323 e. The molecule has 1 aliphatic heterocycles. The van der Waals surface area contributed by atoms with Crippen molar-refractivity contribution in [3.8, 4) is 27.8 Å². The number of nitriles is 1. The van der Waals surface area contributed by atoms with Gasteiger partial charge in [-0.05, 0) is 57.0 Å². The molecule has 0 unspecified atom stereocenters. The minimum absolute atomic E-state index is 0.122. The fourth-order valence-corrected chi connectivity index (χ4v) is 4.41. The Morgan fingerprint density at radius 2 is 1.97 bits per heavy atom. The van der Waals surface area contributed by atoms with Crippen LogP contribution in [0.3, 0.4) is 0 Å². The zero-order valence-electron chi connectivity index (χ0n) is 16.6. The van der Waals surface area contributed by atoms with E-state index in [9.17, 15) is 10.1 Å². The Balaban J connectivity index is 1.78. The number of nitrogens with one attached hydrogen (secondary N) is 1. The van der Waals surface area contributed by atoms with Gasteiger partial charge in [0.25, 0.3) is 0 Å². The molecule has 29 heavy (non-hydrogen) atoms. The second kappa shape index (κ2) is 7.64. The van der Waals surface area contributed by atoms with Crippen LogP contribution in [-0.2, 0) is 0 Å². The van der Waals surface area contributed by atoms with Crippen LogP contribution in [0.5, 0.6) is 0 Å². The monoisotopic (exact) mass is 403 g/mol. The Kier molecular flexibility index (Phi) is 5.03. The molecule has 1 fully saturated rings. The molecule has 3 aromatic rings. The van der Waals surface area contributed by atoms with Crippen molar-refractivity contribution in [1.82, 2.24) is 14.9 Å². The van der Waals surface area contributed by atoms with Crippen LogP contribution in [0.25, 0.3) is 21.7 Å². The number of amides is 2. The summed E-state index contributed by atoms with van der Waals surface area (Å²) in [6.45, 7) is 6.73. The van der Waals surface area contributed by atoms with Gasteiger partial charge in [-0.25, -0.2) is 9.78 Å².